The second-order valence-corrected chi connectivity index (χ2v) is 5.63. The first kappa shape index (κ1) is 11.7. The van der Waals surface area contributed by atoms with Gasteiger partial charge in [0.1, 0.15) is 0 Å². The van der Waals surface area contributed by atoms with Crippen molar-refractivity contribution in [3.8, 4) is 0 Å². The van der Waals surface area contributed by atoms with Crippen molar-refractivity contribution in [2.75, 3.05) is 0 Å². The van der Waals surface area contributed by atoms with Gasteiger partial charge in [0.25, 0.3) is 0 Å². The molecule has 0 aliphatic heterocycles. The molecule has 3 aromatic rings. The molecule has 0 bridgehead atoms. The lowest BCUT2D eigenvalue weighted by molar-refractivity contribution is 0.873. The lowest BCUT2D eigenvalue weighted by atomic mass is 9.99. The topological polar surface area (TPSA) is 12.9 Å². The van der Waals surface area contributed by atoms with E-state index in [0.717, 1.165) is 15.5 Å². The molecule has 0 aliphatic rings. The van der Waals surface area contributed by atoms with E-state index < -0.39 is 0 Å². The summed E-state index contributed by atoms with van der Waals surface area (Å²) in [6.07, 6.45) is 0. The monoisotopic (exact) mass is 299 g/mol. The van der Waals surface area contributed by atoms with Gasteiger partial charge in [0.15, 0.2) is 0 Å². The Morgan fingerprint density at radius 3 is 2.44 bits per heavy atom. The molecule has 0 N–H and O–H groups in total. The number of halogens is 1. The van der Waals surface area contributed by atoms with Crippen molar-refractivity contribution in [1.82, 2.24) is 4.98 Å². The fourth-order valence-corrected chi connectivity index (χ4v) is 3.01. The van der Waals surface area contributed by atoms with E-state index in [1.165, 1.54) is 16.3 Å². The van der Waals surface area contributed by atoms with Crippen LogP contribution in [0.25, 0.3) is 21.8 Å². The summed E-state index contributed by atoms with van der Waals surface area (Å²) in [5.74, 6) is 0.481. The molecule has 90 valence electrons. The average Bonchev–Trinajstić information content (AvgIpc) is 2.38. The largest absolute Gasteiger partial charge is 0.247 e. The maximum absolute atomic E-state index is 4.83. The van der Waals surface area contributed by atoms with E-state index in [0.29, 0.717) is 5.92 Å². The fraction of sp³-hybridized carbons (Fsp3) is 0.188. The smallest absolute Gasteiger partial charge is 0.0755 e. The highest BCUT2D eigenvalue weighted by atomic mass is 79.9. The van der Waals surface area contributed by atoms with Gasteiger partial charge in [-0.2, -0.15) is 0 Å². The minimum atomic E-state index is 0.481. The number of fused-ring (bicyclic) bond motifs is 2. The van der Waals surface area contributed by atoms with Gasteiger partial charge in [-0.3, -0.25) is 0 Å². The normalized spacial score (nSPS) is 11.6. The predicted molar refractivity (Wildman–Crippen MR) is 81.0 cm³/mol. The molecule has 18 heavy (non-hydrogen) atoms. The Labute approximate surface area is 115 Å². The third kappa shape index (κ3) is 1.72. The van der Waals surface area contributed by atoms with Crippen LogP contribution in [0, 0.1) is 0 Å². The summed E-state index contributed by atoms with van der Waals surface area (Å²) in [5, 5.41) is 2.37. The molecule has 2 heteroatoms. The Balaban J connectivity index is 2.51. The third-order valence-corrected chi connectivity index (χ3v) is 4.15. The zero-order valence-corrected chi connectivity index (χ0v) is 12.0. The van der Waals surface area contributed by atoms with E-state index in [9.17, 15) is 0 Å². The van der Waals surface area contributed by atoms with Crippen LogP contribution in [0.2, 0.25) is 0 Å². The van der Waals surface area contributed by atoms with Crippen LogP contribution in [-0.2, 0) is 0 Å². The van der Waals surface area contributed by atoms with Gasteiger partial charge in [0.2, 0.25) is 0 Å². The number of pyridine rings is 1. The first-order valence-corrected chi connectivity index (χ1v) is 6.94. The zero-order chi connectivity index (χ0) is 12.7. The number of para-hydroxylation sites is 2. The number of aromatic nitrogens is 1. The van der Waals surface area contributed by atoms with Gasteiger partial charge in [-0.15, -0.1) is 0 Å². The summed E-state index contributed by atoms with van der Waals surface area (Å²) in [6.45, 7) is 4.42. The van der Waals surface area contributed by atoms with Crippen molar-refractivity contribution in [2.45, 2.75) is 19.8 Å². The van der Waals surface area contributed by atoms with Gasteiger partial charge in [-0.25, -0.2) is 4.98 Å². The molecule has 0 aliphatic carbocycles. The van der Waals surface area contributed by atoms with E-state index in [1.807, 2.05) is 12.1 Å². The Hall–Kier alpha value is -1.41. The summed E-state index contributed by atoms with van der Waals surface area (Å²) >= 11 is 3.73. The Bertz CT molecular complexity index is 732. The summed E-state index contributed by atoms with van der Waals surface area (Å²) in [7, 11) is 0. The van der Waals surface area contributed by atoms with Gasteiger partial charge in [-0.1, -0.05) is 50.2 Å². The SMILES string of the molecule is CC(C)c1cccc2c(Br)c3ccccc3nc12. The molecule has 3 rings (SSSR count). The van der Waals surface area contributed by atoms with Crippen LogP contribution in [-0.4, -0.2) is 4.98 Å². The molecule has 0 spiro atoms. The highest BCUT2D eigenvalue weighted by molar-refractivity contribution is 9.10. The Kier molecular flexibility index (Phi) is 2.83. The highest BCUT2D eigenvalue weighted by Crippen LogP contribution is 2.33. The number of benzene rings is 2. The maximum atomic E-state index is 4.83. The molecule has 0 atom stereocenters. The lowest BCUT2D eigenvalue weighted by Crippen LogP contribution is -1.93. The van der Waals surface area contributed by atoms with Crippen LogP contribution in [0.5, 0.6) is 0 Å². The van der Waals surface area contributed by atoms with Crippen LogP contribution in [0.1, 0.15) is 25.3 Å². The summed E-state index contributed by atoms with van der Waals surface area (Å²) in [4.78, 5) is 4.83. The molecular formula is C16H14BrN. The molecule has 0 saturated heterocycles. The van der Waals surface area contributed by atoms with Crippen molar-refractivity contribution < 1.29 is 0 Å². The van der Waals surface area contributed by atoms with Crippen LogP contribution < -0.4 is 0 Å². The quantitative estimate of drug-likeness (QED) is 0.558. The molecule has 0 amide bonds. The van der Waals surface area contributed by atoms with Crippen LogP contribution >= 0.6 is 15.9 Å². The minimum absolute atomic E-state index is 0.481. The Morgan fingerprint density at radius 2 is 1.67 bits per heavy atom. The number of nitrogens with zero attached hydrogens (tertiary/aromatic N) is 1. The van der Waals surface area contributed by atoms with Crippen molar-refractivity contribution in [3.63, 3.8) is 0 Å². The second kappa shape index (κ2) is 4.36. The number of hydrogen-bond acceptors (Lipinski definition) is 1. The van der Waals surface area contributed by atoms with Crippen LogP contribution in [0.3, 0.4) is 0 Å². The Morgan fingerprint density at radius 1 is 0.944 bits per heavy atom. The van der Waals surface area contributed by atoms with Crippen molar-refractivity contribution in [3.05, 3.63) is 52.5 Å². The van der Waals surface area contributed by atoms with E-state index in [4.69, 9.17) is 4.98 Å². The molecule has 0 fully saturated rings. The standard InChI is InChI=1S/C16H14BrN/c1-10(2)11-7-5-8-13-15(17)12-6-3-4-9-14(12)18-16(11)13/h3-10H,1-2H3. The van der Waals surface area contributed by atoms with Crippen LogP contribution in [0.15, 0.2) is 46.9 Å². The number of hydrogen-bond donors (Lipinski definition) is 0. The molecular weight excluding hydrogens is 286 g/mol. The first-order valence-electron chi connectivity index (χ1n) is 6.15. The minimum Gasteiger partial charge on any atom is -0.247 e. The molecule has 1 nitrogen and oxygen atoms in total. The van der Waals surface area contributed by atoms with E-state index >= 15 is 0 Å². The molecule has 1 aromatic heterocycles. The van der Waals surface area contributed by atoms with E-state index in [-0.39, 0.29) is 0 Å². The molecule has 0 unspecified atom stereocenters. The van der Waals surface area contributed by atoms with Crippen molar-refractivity contribution in [2.24, 2.45) is 0 Å². The summed E-state index contributed by atoms with van der Waals surface area (Å²) in [5.41, 5.74) is 3.46. The van der Waals surface area contributed by atoms with Crippen LogP contribution in [0.4, 0.5) is 0 Å². The molecule has 1 heterocycles. The highest BCUT2D eigenvalue weighted by Gasteiger charge is 2.11. The van der Waals surface area contributed by atoms with Gasteiger partial charge in [0.05, 0.1) is 11.0 Å². The predicted octanol–water partition coefficient (Wildman–Crippen LogP) is 5.27. The van der Waals surface area contributed by atoms with E-state index in [1.54, 1.807) is 0 Å². The second-order valence-electron chi connectivity index (χ2n) is 4.84. The maximum Gasteiger partial charge on any atom is 0.0755 e. The third-order valence-electron chi connectivity index (χ3n) is 3.30. The zero-order valence-electron chi connectivity index (χ0n) is 10.4. The molecule has 2 aromatic carbocycles. The molecule has 0 radical (unpaired) electrons. The number of rotatable bonds is 1. The van der Waals surface area contributed by atoms with Gasteiger partial charge in [-0.05, 0) is 33.5 Å². The summed E-state index contributed by atoms with van der Waals surface area (Å²) < 4.78 is 1.14. The van der Waals surface area contributed by atoms with Gasteiger partial charge in [0, 0.05) is 15.2 Å². The first-order chi connectivity index (χ1) is 8.68. The average molecular weight is 300 g/mol. The van der Waals surface area contributed by atoms with E-state index in [2.05, 4.69) is 60.1 Å². The van der Waals surface area contributed by atoms with Gasteiger partial charge < -0.3 is 0 Å². The molecule has 0 saturated carbocycles. The lowest BCUT2D eigenvalue weighted by Gasteiger charge is -2.11. The van der Waals surface area contributed by atoms with Crippen molar-refractivity contribution in [1.29, 1.82) is 0 Å². The fourth-order valence-electron chi connectivity index (χ4n) is 2.35. The summed E-state index contributed by atoms with van der Waals surface area (Å²) in [6, 6.07) is 14.7. The van der Waals surface area contributed by atoms with Gasteiger partial charge >= 0.3 is 0 Å². The van der Waals surface area contributed by atoms with Crippen molar-refractivity contribution >= 4 is 37.7 Å².